The maximum absolute atomic E-state index is 12.3. The third kappa shape index (κ3) is 2.06. The van der Waals surface area contributed by atoms with Crippen molar-refractivity contribution in [1.29, 1.82) is 0 Å². The van der Waals surface area contributed by atoms with Crippen molar-refractivity contribution in [2.24, 2.45) is 0 Å². The van der Waals surface area contributed by atoms with Gasteiger partial charge in [0.05, 0.1) is 0 Å². The van der Waals surface area contributed by atoms with Crippen LogP contribution >= 0.6 is 15.9 Å². The number of hydrogen-bond acceptors (Lipinski definition) is 1. The molecule has 1 amide bonds. The molecule has 1 aliphatic rings. The van der Waals surface area contributed by atoms with Crippen LogP contribution in [0.2, 0.25) is 0 Å². The van der Waals surface area contributed by atoms with Crippen molar-refractivity contribution in [2.75, 3.05) is 0 Å². The molecule has 3 heteroatoms. The van der Waals surface area contributed by atoms with Crippen LogP contribution in [-0.2, 0) is 13.1 Å². The maximum Gasteiger partial charge on any atom is 0.254 e. The van der Waals surface area contributed by atoms with Crippen molar-refractivity contribution in [1.82, 2.24) is 4.90 Å². The minimum atomic E-state index is 0.0999. The van der Waals surface area contributed by atoms with Gasteiger partial charge in [-0.05, 0) is 35.4 Å². The topological polar surface area (TPSA) is 20.3 Å². The van der Waals surface area contributed by atoms with Gasteiger partial charge in [-0.2, -0.15) is 0 Å². The van der Waals surface area contributed by atoms with Crippen LogP contribution < -0.4 is 0 Å². The minimum Gasteiger partial charge on any atom is -0.330 e. The number of benzene rings is 2. The first-order chi connectivity index (χ1) is 8.74. The summed E-state index contributed by atoms with van der Waals surface area (Å²) in [6.07, 6.45) is 0. The highest BCUT2D eigenvalue weighted by Gasteiger charge is 2.23. The van der Waals surface area contributed by atoms with Gasteiger partial charge >= 0.3 is 0 Å². The molecule has 2 aromatic carbocycles. The van der Waals surface area contributed by atoms with Crippen LogP contribution in [0.5, 0.6) is 0 Å². The van der Waals surface area contributed by atoms with Gasteiger partial charge in [0.25, 0.3) is 5.91 Å². The lowest BCUT2D eigenvalue weighted by atomic mass is 10.1. The van der Waals surface area contributed by atoms with Crippen molar-refractivity contribution in [3.8, 4) is 0 Å². The minimum absolute atomic E-state index is 0.0999. The zero-order valence-electron chi connectivity index (χ0n) is 9.77. The lowest BCUT2D eigenvalue weighted by molar-refractivity contribution is 0.0751. The smallest absolute Gasteiger partial charge is 0.254 e. The van der Waals surface area contributed by atoms with Crippen LogP contribution in [0.4, 0.5) is 0 Å². The predicted octanol–water partition coefficient (Wildman–Crippen LogP) is 3.61. The normalized spacial score (nSPS) is 13.5. The van der Waals surface area contributed by atoms with E-state index in [0.29, 0.717) is 13.1 Å². The Bertz CT molecular complexity index is 595. The summed E-state index contributed by atoms with van der Waals surface area (Å²) in [7, 11) is 0. The third-order valence-corrected chi connectivity index (χ3v) is 3.69. The second kappa shape index (κ2) is 4.58. The molecule has 0 aromatic heterocycles. The largest absolute Gasteiger partial charge is 0.330 e. The lowest BCUT2D eigenvalue weighted by Gasteiger charge is -2.15. The summed E-state index contributed by atoms with van der Waals surface area (Å²) >= 11 is 3.46. The van der Waals surface area contributed by atoms with E-state index in [1.54, 1.807) is 0 Å². The van der Waals surface area contributed by atoms with Crippen molar-refractivity contribution >= 4 is 21.8 Å². The molecule has 0 bridgehead atoms. The van der Waals surface area contributed by atoms with Crippen LogP contribution in [0.1, 0.15) is 21.5 Å². The third-order valence-electron chi connectivity index (χ3n) is 3.20. The number of rotatable bonds is 1. The summed E-state index contributed by atoms with van der Waals surface area (Å²) in [5.74, 6) is 0.0999. The highest BCUT2D eigenvalue weighted by molar-refractivity contribution is 9.10. The zero-order chi connectivity index (χ0) is 12.5. The highest BCUT2D eigenvalue weighted by Crippen LogP contribution is 2.26. The lowest BCUT2D eigenvalue weighted by Crippen LogP contribution is -2.25. The van der Waals surface area contributed by atoms with Crippen LogP contribution in [0.15, 0.2) is 53.0 Å². The van der Waals surface area contributed by atoms with E-state index in [2.05, 4.69) is 28.1 Å². The van der Waals surface area contributed by atoms with Crippen molar-refractivity contribution < 1.29 is 4.79 Å². The first kappa shape index (κ1) is 11.5. The number of halogens is 1. The van der Waals surface area contributed by atoms with E-state index < -0.39 is 0 Å². The molecule has 0 unspecified atom stereocenters. The second-order valence-corrected chi connectivity index (χ2v) is 5.36. The van der Waals surface area contributed by atoms with Gasteiger partial charge in [0.2, 0.25) is 0 Å². The van der Waals surface area contributed by atoms with Crippen LogP contribution in [0.25, 0.3) is 0 Å². The van der Waals surface area contributed by atoms with Crippen molar-refractivity contribution in [3.05, 3.63) is 69.7 Å². The quantitative estimate of drug-likeness (QED) is 0.788. The Morgan fingerprint density at radius 1 is 1.00 bits per heavy atom. The molecule has 0 atom stereocenters. The average Bonchev–Trinajstić information content (AvgIpc) is 2.81. The molecule has 0 spiro atoms. The first-order valence-corrected chi connectivity index (χ1v) is 6.65. The van der Waals surface area contributed by atoms with Gasteiger partial charge in [0.1, 0.15) is 0 Å². The number of nitrogens with zero attached hydrogens (tertiary/aromatic N) is 1. The van der Waals surface area contributed by atoms with Gasteiger partial charge in [-0.1, -0.05) is 40.2 Å². The van der Waals surface area contributed by atoms with Crippen LogP contribution in [0.3, 0.4) is 0 Å². The van der Waals surface area contributed by atoms with Crippen LogP contribution in [0, 0.1) is 0 Å². The molecular weight excluding hydrogens is 290 g/mol. The Hall–Kier alpha value is -1.61. The summed E-state index contributed by atoms with van der Waals surface area (Å²) in [5.41, 5.74) is 3.22. The number of carbonyl (C=O) groups excluding carboxylic acids is 1. The van der Waals surface area contributed by atoms with Gasteiger partial charge in [0, 0.05) is 23.1 Å². The SMILES string of the molecule is O=C(c1ccccc1)N1Cc2ccc(Br)cc2C1. The molecular formula is C15H12BrNO. The number of hydrogen-bond donors (Lipinski definition) is 0. The van der Waals surface area contributed by atoms with E-state index in [1.165, 1.54) is 11.1 Å². The molecule has 0 saturated carbocycles. The maximum atomic E-state index is 12.3. The monoisotopic (exact) mass is 301 g/mol. The number of carbonyl (C=O) groups is 1. The Kier molecular flexibility index (Phi) is 2.92. The molecule has 1 heterocycles. The van der Waals surface area contributed by atoms with E-state index in [9.17, 15) is 4.79 Å². The Labute approximate surface area is 114 Å². The molecule has 2 aromatic rings. The Balaban J connectivity index is 1.84. The van der Waals surface area contributed by atoms with Gasteiger partial charge in [-0.25, -0.2) is 0 Å². The van der Waals surface area contributed by atoms with E-state index in [1.807, 2.05) is 41.3 Å². The highest BCUT2D eigenvalue weighted by atomic mass is 79.9. The van der Waals surface area contributed by atoms with Gasteiger partial charge in [-0.15, -0.1) is 0 Å². The van der Waals surface area contributed by atoms with Crippen molar-refractivity contribution in [2.45, 2.75) is 13.1 Å². The van der Waals surface area contributed by atoms with Crippen LogP contribution in [-0.4, -0.2) is 10.8 Å². The zero-order valence-corrected chi connectivity index (χ0v) is 11.4. The summed E-state index contributed by atoms with van der Waals surface area (Å²) in [4.78, 5) is 14.2. The molecule has 1 aliphatic heterocycles. The van der Waals surface area contributed by atoms with E-state index in [0.717, 1.165) is 10.0 Å². The molecule has 0 saturated heterocycles. The van der Waals surface area contributed by atoms with E-state index >= 15 is 0 Å². The summed E-state index contributed by atoms with van der Waals surface area (Å²) < 4.78 is 1.07. The van der Waals surface area contributed by atoms with Gasteiger partial charge < -0.3 is 4.90 Å². The summed E-state index contributed by atoms with van der Waals surface area (Å²) in [6.45, 7) is 1.40. The standard InChI is InChI=1S/C15H12BrNO/c16-14-7-6-12-9-17(10-13(12)8-14)15(18)11-4-2-1-3-5-11/h1-8H,9-10H2. The van der Waals surface area contributed by atoms with Gasteiger partial charge in [0.15, 0.2) is 0 Å². The molecule has 0 fully saturated rings. The fraction of sp³-hybridized carbons (Fsp3) is 0.133. The Morgan fingerprint density at radius 3 is 2.50 bits per heavy atom. The Morgan fingerprint density at radius 2 is 1.72 bits per heavy atom. The molecule has 3 rings (SSSR count). The fourth-order valence-electron chi connectivity index (χ4n) is 2.27. The van der Waals surface area contributed by atoms with Crippen molar-refractivity contribution in [3.63, 3.8) is 0 Å². The first-order valence-electron chi connectivity index (χ1n) is 5.85. The van der Waals surface area contributed by atoms with Gasteiger partial charge in [-0.3, -0.25) is 4.79 Å². The molecule has 2 nitrogen and oxygen atoms in total. The number of amides is 1. The average molecular weight is 302 g/mol. The molecule has 90 valence electrons. The molecule has 0 radical (unpaired) electrons. The van der Waals surface area contributed by atoms with E-state index in [4.69, 9.17) is 0 Å². The molecule has 0 N–H and O–H groups in total. The second-order valence-electron chi connectivity index (χ2n) is 4.44. The molecule has 0 aliphatic carbocycles. The fourth-order valence-corrected chi connectivity index (χ4v) is 2.68. The summed E-state index contributed by atoms with van der Waals surface area (Å²) in [5, 5.41) is 0. The molecule has 18 heavy (non-hydrogen) atoms. The number of fused-ring (bicyclic) bond motifs is 1. The van der Waals surface area contributed by atoms with E-state index in [-0.39, 0.29) is 5.91 Å². The predicted molar refractivity (Wildman–Crippen MR) is 74.2 cm³/mol. The summed E-state index contributed by atoms with van der Waals surface area (Å²) in [6, 6.07) is 15.6.